The number of rotatable bonds is 9. The van der Waals surface area contributed by atoms with Gasteiger partial charge in [-0.05, 0) is 55.5 Å². The van der Waals surface area contributed by atoms with Crippen molar-refractivity contribution < 1.29 is 22.6 Å². The smallest absolute Gasteiger partial charge is 0.263 e. The van der Waals surface area contributed by atoms with Crippen LogP contribution in [0.5, 0.6) is 17.2 Å². The Kier molecular flexibility index (Phi) is 6.69. The largest absolute Gasteiger partial charge is 0.497 e. The zero-order chi connectivity index (χ0) is 24.1. The standard InChI is InChI=1S/C24H24N4O5S/c1-4-33-16-9-12-18(13-10-16)34(29,30)28-24-23(25-19-7-5-6-8-20(19)26-24)27-21-14-11-17(31-2)15-22(21)32-3/h5-15H,4H2,1-3H3,(H,25,27)(H,26,28). The van der Waals surface area contributed by atoms with Crippen LogP contribution in [0, 0.1) is 0 Å². The monoisotopic (exact) mass is 480 g/mol. The van der Waals surface area contributed by atoms with Crippen LogP contribution in [0.4, 0.5) is 17.3 Å². The summed E-state index contributed by atoms with van der Waals surface area (Å²) in [6, 6.07) is 18.6. The number of nitrogens with one attached hydrogen (secondary N) is 2. The third-order valence-corrected chi connectivity index (χ3v) is 6.26. The second-order valence-electron chi connectivity index (χ2n) is 7.11. The second-order valence-corrected chi connectivity index (χ2v) is 8.79. The van der Waals surface area contributed by atoms with Gasteiger partial charge in [-0.1, -0.05) is 12.1 Å². The number of para-hydroxylation sites is 2. The van der Waals surface area contributed by atoms with E-state index in [0.717, 1.165) is 0 Å². The molecule has 176 valence electrons. The first-order chi connectivity index (χ1) is 16.4. The molecule has 0 saturated heterocycles. The SMILES string of the molecule is CCOc1ccc(S(=O)(=O)Nc2nc3ccccc3nc2Nc2ccc(OC)cc2OC)cc1. The van der Waals surface area contributed by atoms with Gasteiger partial charge in [0.15, 0.2) is 11.6 Å². The minimum atomic E-state index is -3.95. The van der Waals surface area contributed by atoms with Crippen molar-refractivity contribution in [2.45, 2.75) is 11.8 Å². The predicted molar refractivity (Wildman–Crippen MR) is 131 cm³/mol. The Morgan fingerprint density at radius 2 is 1.47 bits per heavy atom. The van der Waals surface area contributed by atoms with Gasteiger partial charge >= 0.3 is 0 Å². The summed E-state index contributed by atoms with van der Waals surface area (Å²) >= 11 is 0. The maximum absolute atomic E-state index is 13.1. The van der Waals surface area contributed by atoms with Gasteiger partial charge in [0, 0.05) is 6.07 Å². The lowest BCUT2D eigenvalue weighted by Crippen LogP contribution is -2.16. The molecule has 0 bridgehead atoms. The molecule has 10 heteroatoms. The first-order valence-corrected chi connectivity index (χ1v) is 11.9. The van der Waals surface area contributed by atoms with Crippen molar-refractivity contribution in [2.24, 2.45) is 0 Å². The maximum atomic E-state index is 13.1. The van der Waals surface area contributed by atoms with E-state index < -0.39 is 10.0 Å². The third-order valence-electron chi connectivity index (χ3n) is 4.91. The second kappa shape index (κ2) is 9.84. The van der Waals surface area contributed by atoms with Crippen molar-refractivity contribution in [2.75, 3.05) is 30.9 Å². The van der Waals surface area contributed by atoms with Gasteiger partial charge in [-0.2, -0.15) is 0 Å². The lowest BCUT2D eigenvalue weighted by atomic mass is 10.2. The number of aromatic nitrogens is 2. The summed E-state index contributed by atoms with van der Waals surface area (Å²) in [7, 11) is -0.865. The maximum Gasteiger partial charge on any atom is 0.263 e. The van der Waals surface area contributed by atoms with Crippen molar-refractivity contribution in [3.05, 3.63) is 66.7 Å². The van der Waals surface area contributed by atoms with Gasteiger partial charge < -0.3 is 19.5 Å². The minimum Gasteiger partial charge on any atom is -0.497 e. The Bertz CT molecular complexity index is 1410. The number of hydrogen-bond acceptors (Lipinski definition) is 8. The highest BCUT2D eigenvalue weighted by molar-refractivity contribution is 7.92. The highest BCUT2D eigenvalue weighted by Crippen LogP contribution is 2.34. The molecule has 0 saturated carbocycles. The summed E-state index contributed by atoms with van der Waals surface area (Å²) in [6.45, 7) is 2.35. The van der Waals surface area contributed by atoms with Gasteiger partial charge in [-0.25, -0.2) is 18.4 Å². The van der Waals surface area contributed by atoms with Crippen molar-refractivity contribution >= 4 is 38.4 Å². The summed E-state index contributed by atoms with van der Waals surface area (Å²) < 4.78 is 44.9. The fourth-order valence-corrected chi connectivity index (χ4v) is 4.26. The van der Waals surface area contributed by atoms with Crippen LogP contribution in [0.15, 0.2) is 71.6 Å². The van der Waals surface area contributed by atoms with Crippen molar-refractivity contribution in [3.8, 4) is 17.2 Å². The summed E-state index contributed by atoms with van der Waals surface area (Å²) in [5.74, 6) is 1.96. The highest BCUT2D eigenvalue weighted by Gasteiger charge is 2.20. The lowest BCUT2D eigenvalue weighted by molar-refractivity contribution is 0.340. The van der Waals surface area contributed by atoms with Crippen LogP contribution in [0.2, 0.25) is 0 Å². The fraction of sp³-hybridized carbons (Fsp3) is 0.167. The van der Waals surface area contributed by atoms with Gasteiger partial charge in [0.25, 0.3) is 10.0 Å². The van der Waals surface area contributed by atoms with E-state index in [-0.39, 0.29) is 16.5 Å². The molecule has 0 fully saturated rings. The van der Waals surface area contributed by atoms with Gasteiger partial charge in [-0.3, -0.25) is 4.72 Å². The number of benzene rings is 3. The van der Waals surface area contributed by atoms with Gasteiger partial charge in [0.05, 0.1) is 42.4 Å². The molecular weight excluding hydrogens is 456 g/mol. The number of fused-ring (bicyclic) bond motifs is 1. The zero-order valence-corrected chi connectivity index (χ0v) is 19.7. The molecule has 3 aromatic carbocycles. The number of hydrogen-bond donors (Lipinski definition) is 2. The summed E-state index contributed by atoms with van der Waals surface area (Å²) in [5.41, 5.74) is 1.70. The first kappa shape index (κ1) is 23.1. The number of nitrogens with zero attached hydrogens (tertiary/aromatic N) is 2. The molecule has 0 spiro atoms. The number of sulfonamides is 1. The molecule has 0 unspecified atom stereocenters. The molecule has 4 rings (SSSR count). The van der Waals surface area contributed by atoms with Crippen LogP contribution < -0.4 is 24.2 Å². The Hall–Kier alpha value is -4.05. The molecular formula is C24H24N4O5S. The van der Waals surface area contributed by atoms with Gasteiger partial charge in [0.1, 0.15) is 17.2 Å². The van der Waals surface area contributed by atoms with Crippen LogP contribution in [0.3, 0.4) is 0 Å². The van der Waals surface area contributed by atoms with E-state index in [9.17, 15) is 8.42 Å². The predicted octanol–water partition coefficient (Wildman–Crippen LogP) is 4.59. The summed E-state index contributed by atoms with van der Waals surface area (Å²) in [5, 5.41) is 3.13. The summed E-state index contributed by atoms with van der Waals surface area (Å²) in [6.07, 6.45) is 0. The Balaban J connectivity index is 1.74. The number of ether oxygens (including phenoxy) is 3. The first-order valence-electron chi connectivity index (χ1n) is 10.4. The lowest BCUT2D eigenvalue weighted by Gasteiger charge is -2.16. The molecule has 0 aliphatic carbocycles. The van der Waals surface area contributed by atoms with E-state index in [4.69, 9.17) is 14.2 Å². The Labute approximate surface area is 197 Å². The molecule has 9 nitrogen and oxygen atoms in total. The van der Waals surface area contributed by atoms with E-state index in [0.29, 0.717) is 40.6 Å². The topological polar surface area (TPSA) is 112 Å². The van der Waals surface area contributed by atoms with Gasteiger partial charge in [0.2, 0.25) is 0 Å². The van der Waals surface area contributed by atoms with E-state index in [1.165, 1.54) is 19.2 Å². The van der Waals surface area contributed by atoms with E-state index in [1.807, 2.05) is 13.0 Å². The van der Waals surface area contributed by atoms with E-state index in [1.54, 1.807) is 55.6 Å². The average Bonchev–Trinajstić information content (AvgIpc) is 2.85. The quantitative estimate of drug-likeness (QED) is 0.358. The third kappa shape index (κ3) is 4.96. The normalized spacial score (nSPS) is 11.1. The van der Waals surface area contributed by atoms with E-state index in [2.05, 4.69) is 20.0 Å². The fourth-order valence-electron chi connectivity index (χ4n) is 3.26. The van der Waals surface area contributed by atoms with E-state index >= 15 is 0 Å². The molecule has 4 aromatic rings. The molecule has 0 amide bonds. The van der Waals surface area contributed by atoms with Crippen LogP contribution in [0.25, 0.3) is 11.0 Å². The molecule has 0 radical (unpaired) electrons. The van der Waals surface area contributed by atoms with Crippen molar-refractivity contribution in [3.63, 3.8) is 0 Å². The van der Waals surface area contributed by atoms with Crippen LogP contribution >= 0.6 is 0 Å². The van der Waals surface area contributed by atoms with Crippen LogP contribution in [-0.2, 0) is 10.0 Å². The number of methoxy groups -OCH3 is 2. The molecule has 1 heterocycles. The van der Waals surface area contributed by atoms with Crippen LogP contribution in [-0.4, -0.2) is 39.2 Å². The Morgan fingerprint density at radius 1 is 0.824 bits per heavy atom. The molecule has 1 aromatic heterocycles. The molecule has 2 N–H and O–H groups in total. The highest BCUT2D eigenvalue weighted by atomic mass is 32.2. The van der Waals surface area contributed by atoms with Crippen molar-refractivity contribution in [1.29, 1.82) is 0 Å². The summed E-state index contributed by atoms with van der Waals surface area (Å²) in [4.78, 5) is 9.18. The van der Waals surface area contributed by atoms with Crippen molar-refractivity contribution in [1.82, 2.24) is 9.97 Å². The Morgan fingerprint density at radius 3 is 2.09 bits per heavy atom. The molecule has 34 heavy (non-hydrogen) atoms. The molecule has 0 atom stereocenters. The number of anilines is 3. The average molecular weight is 481 g/mol. The molecule has 0 aliphatic heterocycles. The minimum absolute atomic E-state index is 0.0467. The van der Waals surface area contributed by atoms with Gasteiger partial charge in [-0.15, -0.1) is 0 Å². The molecule has 0 aliphatic rings. The zero-order valence-electron chi connectivity index (χ0n) is 18.9. The van der Waals surface area contributed by atoms with Crippen LogP contribution in [0.1, 0.15) is 6.92 Å².